The van der Waals surface area contributed by atoms with E-state index in [0.717, 1.165) is 6.07 Å². The van der Waals surface area contributed by atoms with Crippen LogP contribution in [-0.4, -0.2) is 11.0 Å². The fraction of sp³-hybridized carbons (Fsp3) is 0. The van der Waals surface area contributed by atoms with Crippen LogP contribution < -0.4 is 5.73 Å². The van der Waals surface area contributed by atoms with Crippen molar-refractivity contribution in [2.75, 3.05) is 0 Å². The smallest absolute Gasteiger partial charge is 0.293 e. The number of hydrogen-bond acceptors (Lipinski definition) is 2. The van der Waals surface area contributed by atoms with Crippen LogP contribution in [0.5, 0.6) is 5.75 Å². The molecule has 3 nitrogen and oxygen atoms in total. The third-order valence-corrected chi connectivity index (χ3v) is 1.57. The summed E-state index contributed by atoms with van der Waals surface area (Å²) in [6.45, 7) is 0. The number of rotatable bonds is 0. The molecule has 0 bridgehead atoms. The number of carbonyl (C=O) groups is 1. The monoisotopic (exact) mass is 213 g/mol. The fourth-order valence-corrected chi connectivity index (χ4v) is 0.995. The van der Waals surface area contributed by atoms with Crippen LogP contribution in [0.3, 0.4) is 0 Å². The van der Waals surface area contributed by atoms with Gasteiger partial charge in [-0.25, -0.2) is 4.39 Å². The van der Waals surface area contributed by atoms with E-state index in [0.29, 0.717) is 0 Å². The molecule has 0 aromatic heterocycles. The van der Waals surface area contributed by atoms with Gasteiger partial charge in [0.05, 0.1) is 5.56 Å². The molecule has 1 aromatic rings. The van der Waals surface area contributed by atoms with Crippen molar-refractivity contribution in [1.82, 2.24) is 0 Å². The van der Waals surface area contributed by atoms with Gasteiger partial charge in [-0.05, 0) is 12.1 Å². The zero-order valence-electron chi connectivity index (χ0n) is 6.84. The molecule has 5 heteroatoms. The van der Waals surface area contributed by atoms with Crippen molar-refractivity contribution < 1.29 is 14.3 Å². The maximum absolute atomic E-state index is 12.8. The van der Waals surface area contributed by atoms with Gasteiger partial charge in [-0.2, -0.15) is 0 Å². The summed E-state index contributed by atoms with van der Waals surface area (Å²) in [5, 5.41) is 9.22. The van der Waals surface area contributed by atoms with E-state index in [4.69, 9.17) is 22.4 Å². The molecular weight excluding hydrogens is 209 g/mol. The van der Waals surface area contributed by atoms with Crippen molar-refractivity contribution in [1.29, 1.82) is 0 Å². The number of benzene rings is 1. The third kappa shape index (κ3) is 2.38. The highest BCUT2D eigenvalue weighted by Gasteiger charge is 2.06. The topological polar surface area (TPSA) is 63.3 Å². The predicted octanol–water partition coefficient (Wildman–Crippen LogP) is 1.02. The highest BCUT2D eigenvalue weighted by Crippen LogP contribution is 2.24. The Kier molecular flexibility index (Phi) is 2.95. The minimum atomic E-state index is -0.897. The molecule has 1 aromatic carbocycles. The van der Waals surface area contributed by atoms with Crippen molar-refractivity contribution in [2.45, 2.75) is 0 Å². The highest BCUT2D eigenvalue weighted by atomic mass is 35.5. The van der Waals surface area contributed by atoms with E-state index in [2.05, 4.69) is 5.92 Å². The molecule has 72 valence electrons. The third-order valence-electron chi connectivity index (χ3n) is 1.35. The van der Waals surface area contributed by atoms with E-state index in [9.17, 15) is 9.18 Å². The van der Waals surface area contributed by atoms with Gasteiger partial charge in [0.2, 0.25) is 0 Å². The van der Waals surface area contributed by atoms with Crippen LogP contribution in [0.4, 0.5) is 4.39 Å². The van der Waals surface area contributed by atoms with E-state index < -0.39 is 17.5 Å². The number of hydrogen-bond donors (Lipinski definition) is 2. The quantitative estimate of drug-likeness (QED) is 0.632. The molecule has 0 aliphatic heterocycles. The second kappa shape index (κ2) is 3.99. The standard InChI is InChI=1S/C9H5ClFNO2/c10-6-3-5(1-2-8(12)13)9(14)7(11)4-6/h3-4,14H,(H2,12,13). The molecule has 0 aliphatic rings. The number of phenols is 1. The van der Waals surface area contributed by atoms with Crippen molar-refractivity contribution in [2.24, 2.45) is 5.73 Å². The molecule has 0 unspecified atom stereocenters. The Hall–Kier alpha value is -1.73. The lowest BCUT2D eigenvalue weighted by molar-refractivity contribution is -0.112. The molecule has 0 radical (unpaired) electrons. The Morgan fingerprint density at radius 3 is 2.79 bits per heavy atom. The predicted molar refractivity (Wildman–Crippen MR) is 49.1 cm³/mol. The van der Waals surface area contributed by atoms with Crippen LogP contribution in [0.2, 0.25) is 5.02 Å². The first-order chi connectivity index (χ1) is 6.50. The largest absolute Gasteiger partial charge is 0.504 e. The van der Waals surface area contributed by atoms with Gasteiger partial charge in [0.1, 0.15) is 0 Å². The normalized spacial score (nSPS) is 9.00. The van der Waals surface area contributed by atoms with Gasteiger partial charge in [-0.15, -0.1) is 0 Å². The van der Waals surface area contributed by atoms with Gasteiger partial charge in [0, 0.05) is 10.9 Å². The van der Waals surface area contributed by atoms with Gasteiger partial charge < -0.3 is 10.8 Å². The molecule has 0 atom stereocenters. The maximum atomic E-state index is 12.8. The van der Waals surface area contributed by atoms with Gasteiger partial charge in [0.25, 0.3) is 5.91 Å². The second-order valence-corrected chi connectivity index (χ2v) is 2.83. The maximum Gasteiger partial charge on any atom is 0.293 e. The number of amides is 1. The van der Waals surface area contributed by atoms with Gasteiger partial charge in [-0.3, -0.25) is 4.79 Å². The van der Waals surface area contributed by atoms with Crippen LogP contribution in [0.15, 0.2) is 12.1 Å². The Morgan fingerprint density at radius 1 is 1.57 bits per heavy atom. The van der Waals surface area contributed by atoms with Gasteiger partial charge in [-0.1, -0.05) is 17.5 Å². The lowest BCUT2D eigenvalue weighted by Gasteiger charge is -1.98. The van der Waals surface area contributed by atoms with Crippen LogP contribution in [0.1, 0.15) is 5.56 Å². The SMILES string of the molecule is NC(=O)C#Cc1cc(Cl)cc(F)c1O. The number of primary amides is 1. The average Bonchev–Trinajstić information content (AvgIpc) is 2.08. The molecular formula is C9H5ClFNO2. The van der Waals surface area contributed by atoms with Crippen molar-refractivity contribution in [3.63, 3.8) is 0 Å². The first kappa shape index (κ1) is 10.4. The van der Waals surface area contributed by atoms with Crippen LogP contribution in [0.25, 0.3) is 0 Å². The van der Waals surface area contributed by atoms with Crippen LogP contribution >= 0.6 is 11.6 Å². The zero-order valence-corrected chi connectivity index (χ0v) is 7.60. The summed E-state index contributed by atoms with van der Waals surface area (Å²) in [7, 11) is 0. The number of halogens is 2. The Bertz CT molecular complexity index is 448. The molecule has 14 heavy (non-hydrogen) atoms. The van der Waals surface area contributed by atoms with Crippen molar-refractivity contribution >= 4 is 17.5 Å². The van der Waals surface area contributed by atoms with E-state index in [1.54, 1.807) is 0 Å². The number of aromatic hydroxyl groups is 1. The Labute approximate surface area is 84.3 Å². The Balaban J connectivity index is 3.23. The zero-order chi connectivity index (χ0) is 10.7. The summed E-state index contributed by atoms with van der Waals surface area (Å²) in [6, 6.07) is 2.17. The van der Waals surface area contributed by atoms with Crippen LogP contribution in [-0.2, 0) is 4.79 Å². The first-order valence-electron chi connectivity index (χ1n) is 3.50. The molecule has 0 saturated heterocycles. The van der Waals surface area contributed by atoms with Gasteiger partial charge >= 0.3 is 0 Å². The molecule has 0 fully saturated rings. The summed E-state index contributed by atoms with van der Waals surface area (Å²) in [5.41, 5.74) is 4.67. The molecule has 0 aliphatic carbocycles. The summed E-state index contributed by atoms with van der Waals surface area (Å²) in [5.74, 6) is 1.74. The van der Waals surface area contributed by atoms with Crippen molar-refractivity contribution in [3.8, 4) is 17.6 Å². The summed E-state index contributed by atoms with van der Waals surface area (Å²) < 4.78 is 12.8. The highest BCUT2D eigenvalue weighted by molar-refractivity contribution is 6.30. The lowest BCUT2D eigenvalue weighted by atomic mass is 10.2. The molecule has 3 N–H and O–H groups in total. The van der Waals surface area contributed by atoms with E-state index in [1.807, 2.05) is 5.92 Å². The molecule has 0 heterocycles. The van der Waals surface area contributed by atoms with Gasteiger partial charge in [0.15, 0.2) is 11.6 Å². The van der Waals surface area contributed by atoms with E-state index in [1.165, 1.54) is 6.07 Å². The van der Waals surface area contributed by atoms with E-state index in [-0.39, 0.29) is 10.6 Å². The fourth-order valence-electron chi connectivity index (χ4n) is 0.790. The van der Waals surface area contributed by atoms with Crippen LogP contribution in [0, 0.1) is 17.7 Å². The molecule has 0 spiro atoms. The van der Waals surface area contributed by atoms with E-state index >= 15 is 0 Å². The molecule has 1 rings (SSSR count). The number of nitrogens with two attached hydrogens (primary N) is 1. The van der Waals surface area contributed by atoms with Crippen molar-refractivity contribution in [3.05, 3.63) is 28.5 Å². The molecule has 1 amide bonds. The Morgan fingerprint density at radius 2 is 2.21 bits per heavy atom. The summed E-state index contributed by atoms with van der Waals surface area (Å²) >= 11 is 5.50. The summed E-state index contributed by atoms with van der Waals surface area (Å²) in [4.78, 5) is 10.3. The number of phenolic OH excluding ortho intramolecular Hbond substituents is 1. The number of carbonyl (C=O) groups excluding carboxylic acids is 1. The summed E-state index contributed by atoms with van der Waals surface area (Å²) in [6.07, 6.45) is 0. The first-order valence-corrected chi connectivity index (χ1v) is 3.88. The minimum Gasteiger partial charge on any atom is -0.504 e. The lowest BCUT2D eigenvalue weighted by Crippen LogP contribution is -2.06. The molecule has 0 saturated carbocycles. The average molecular weight is 214 g/mol. The second-order valence-electron chi connectivity index (χ2n) is 2.40. The minimum absolute atomic E-state index is 0.0752.